The molecule has 0 fully saturated rings. The lowest BCUT2D eigenvalue weighted by atomic mass is 10.1. The molecular weight excluding hydrogens is 340 g/mol. The zero-order chi connectivity index (χ0) is 18.5. The van der Waals surface area contributed by atoms with Gasteiger partial charge >= 0.3 is 0 Å². The second-order valence-electron chi connectivity index (χ2n) is 5.77. The molecule has 7 heteroatoms. The van der Waals surface area contributed by atoms with Crippen LogP contribution in [0, 0.1) is 11.6 Å². The highest BCUT2D eigenvalue weighted by molar-refractivity contribution is 5.96. The van der Waals surface area contributed by atoms with Gasteiger partial charge in [-0.3, -0.25) is 9.59 Å². The molecule has 0 bridgehead atoms. The number of hydrogen-bond donors (Lipinski definition) is 3. The van der Waals surface area contributed by atoms with E-state index in [2.05, 4.69) is 15.6 Å². The van der Waals surface area contributed by atoms with Gasteiger partial charge in [-0.15, -0.1) is 0 Å². The largest absolute Gasteiger partial charge is 0.361 e. The Morgan fingerprint density at radius 1 is 1.04 bits per heavy atom. The molecule has 5 nitrogen and oxygen atoms in total. The fourth-order valence-electron chi connectivity index (χ4n) is 2.67. The Hall–Kier alpha value is -3.22. The zero-order valence-corrected chi connectivity index (χ0v) is 13.8. The fraction of sp³-hybridized carbons (Fsp3) is 0.158. The molecule has 0 atom stereocenters. The van der Waals surface area contributed by atoms with Crippen molar-refractivity contribution in [3.63, 3.8) is 0 Å². The van der Waals surface area contributed by atoms with Gasteiger partial charge in [0.05, 0.1) is 12.1 Å². The molecule has 0 unspecified atom stereocenters. The molecular formula is C19H17F2N3O2. The van der Waals surface area contributed by atoms with Crippen LogP contribution in [0.5, 0.6) is 0 Å². The molecule has 134 valence electrons. The van der Waals surface area contributed by atoms with Crippen LogP contribution in [0.2, 0.25) is 0 Å². The van der Waals surface area contributed by atoms with Crippen molar-refractivity contribution >= 4 is 22.7 Å². The summed E-state index contributed by atoms with van der Waals surface area (Å²) in [7, 11) is 0. The Labute approximate surface area is 148 Å². The molecule has 2 aromatic carbocycles. The lowest BCUT2D eigenvalue weighted by Gasteiger charge is -2.07. The second kappa shape index (κ2) is 7.77. The average molecular weight is 357 g/mol. The van der Waals surface area contributed by atoms with Crippen LogP contribution < -0.4 is 10.6 Å². The maximum absolute atomic E-state index is 13.5. The molecule has 3 aromatic rings. The number of para-hydroxylation sites is 1. The first-order chi connectivity index (χ1) is 12.5. The second-order valence-corrected chi connectivity index (χ2v) is 5.77. The number of H-pyrrole nitrogens is 1. The van der Waals surface area contributed by atoms with Crippen molar-refractivity contribution < 1.29 is 18.4 Å². The van der Waals surface area contributed by atoms with Gasteiger partial charge in [0.25, 0.3) is 5.91 Å². The van der Waals surface area contributed by atoms with E-state index in [0.29, 0.717) is 19.0 Å². The van der Waals surface area contributed by atoms with Crippen LogP contribution in [0.25, 0.3) is 10.9 Å². The number of halogens is 2. The minimum Gasteiger partial charge on any atom is -0.361 e. The van der Waals surface area contributed by atoms with Crippen LogP contribution in [0.1, 0.15) is 15.9 Å². The van der Waals surface area contributed by atoms with E-state index in [9.17, 15) is 18.4 Å². The third-order valence-electron chi connectivity index (χ3n) is 3.98. The first-order valence-electron chi connectivity index (χ1n) is 8.09. The van der Waals surface area contributed by atoms with Gasteiger partial charge in [-0.1, -0.05) is 18.2 Å². The summed E-state index contributed by atoms with van der Waals surface area (Å²) in [5.74, 6) is -2.90. The summed E-state index contributed by atoms with van der Waals surface area (Å²) >= 11 is 0. The summed E-state index contributed by atoms with van der Waals surface area (Å²) in [6.07, 6.45) is 2.53. The highest BCUT2D eigenvalue weighted by Gasteiger charge is 2.13. The van der Waals surface area contributed by atoms with Crippen molar-refractivity contribution in [2.24, 2.45) is 0 Å². The number of aromatic nitrogens is 1. The van der Waals surface area contributed by atoms with E-state index in [1.807, 2.05) is 30.5 Å². The van der Waals surface area contributed by atoms with Gasteiger partial charge in [0.1, 0.15) is 11.6 Å². The van der Waals surface area contributed by atoms with Gasteiger partial charge in [0.15, 0.2) is 0 Å². The summed E-state index contributed by atoms with van der Waals surface area (Å²) < 4.78 is 26.3. The van der Waals surface area contributed by atoms with Crippen molar-refractivity contribution in [1.29, 1.82) is 0 Å². The average Bonchev–Trinajstić information content (AvgIpc) is 3.03. The lowest BCUT2D eigenvalue weighted by Crippen LogP contribution is -2.38. The molecule has 0 saturated heterocycles. The SMILES string of the molecule is O=C(CNC(=O)c1ccc(F)cc1F)NCCc1c[nH]c2ccccc12. The van der Waals surface area contributed by atoms with Crippen molar-refractivity contribution in [3.8, 4) is 0 Å². The van der Waals surface area contributed by atoms with E-state index >= 15 is 0 Å². The first-order valence-corrected chi connectivity index (χ1v) is 8.09. The highest BCUT2D eigenvalue weighted by atomic mass is 19.1. The van der Waals surface area contributed by atoms with E-state index in [1.165, 1.54) is 0 Å². The number of nitrogens with one attached hydrogen (secondary N) is 3. The molecule has 0 radical (unpaired) electrons. The minimum atomic E-state index is -0.970. The summed E-state index contributed by atoms with van der Waals surface area (Å²) in [6.45, 7) is 0.116. The summed E-state index contributed by atoms with van der Waals surface area (Å²) in [6, 6.07) is 10.5. The number of rotatable bonds is 6. The van der Waals surface area contributed by atoms with Crippen molar-refractivity contribution in [2.75, 3.05) is 13.1 Å². The molecule has 2 amide bonds. The number of aromatic amines is 1. The topological polar surface area (TPSA) is 74.0 Å². The lowest BCUT2D eigenvalue weighted by molar-refractivity contribution is -0.120. The van der Waals surface area contributed by atoms with Crippen LogP contribution >= 0.6 is 0 Å². The number of carbonyl (C=O) groups is 2. The van der Waals surface area contributed by atoms with Gasteiger partial charge in [-0.2, -0.15) is 0 Å². The molecule has 0 aliphatic rings. The van der Waals surface area contributed by atoms with Crippen LogP contribution in [0.15, 0.2) is 48.7 Å². The van der Waals surface area contributed by atoms with E-state index < -0.39 is 17.5 Å². The third kappa shape index (κ3) is 4.05. The Kier molecular flexibility index (Phi) is 5.26. The van der Waals surface area contributed by atoms with Crippen LogP contribution in [0.3, 0.4) is 0 Å². The summed E-state index contributed by atoms with van der Waals surface area (Å²) in [5.41, 5.74) is 1.80. The molecule has 3 N–H and O–H groups in total. The Morgan fingerprint density at radius 3 is 2.65 bits per heavy atom. The zero-order valence-electron chi connectivity index (χ0n) is 13.8. The Bertz CT molecular complexity index is 953. The molecule has 0 saturated carbocycles. The Balaban J connectivity index is 1.46. The van der Waals surface area contributed by atoms with Crippen LogP contribution in [0.4, 0.5) is 8.78 Å². The summed E-state index contributed by atoms with van der Waals surface area (Å²) in [5, 5.41) is 6.11. The Morgan fingerprint density at radius 2 is 1.85 bits per heavy atom. The number of carbonyl (C=O) groups excluding carboxylic acids is 2. The monoisotopic (exact) mass is 357 g/mol. The smallest absolute Gasteiger partial charge is 0.254 e. The number of benzene rings is 2. The molecule has 0 spiro atoms. The van der Waals surface area contributed by atoms with E-state index in [0.717, 1.165) is 28.6 Å². The molecule has 26 heavy (non-hydrogen) atoms. The fourth-order valence-corrected chi connectivity index (χ4v) is 2.67. The first kappa shape index (κ1) is 17.6. The van der Waals surface area contributed by atoms with Crippen LogP contribution in [-0.4, -0.2) is 29.9 Å². The van der Waals surface area contributed by atoms with Crippen molar-refractivity contribution in [1.82, 2.24) is 15.6 Å². The van der Waals surface area contributed by atoms with Gasteiger partial charge in [0.2, 0.25) is 5.91 Å². The van der Waals surface area contributed by atoms with Gasteiger partial charge in [0, 0.05) is 29.7 Å². The molecule has 0 aliphatic heterocycles. The van der Waals surface area contributed by atoms with Crippen molar-refractivity contribution in [2.45, 2.75) is 6.42 Å². The number of hydrogen-bond acceptors (Lipinski definition) is 2. The highest BCUT2D eigenvalue weighted by Crippen LogP contribution is 2.17. The predicted molar refractivity (Wildman–Crippen MR) is 93.7 cm³/mol. The quantitative estimate of drug-likeness (QED) is 0.634. The molecule has 1 heterocycles. The van der Waals surface area contributed by atoms with E-state index in [-0.39, 0.29) is 18.0 Å². The number of fused-ring (bicyclic) bond motifs is 1. The summed E-state index contributed by atoms with van der Waals surface area (Å²) in [4.78, 5) is 26.8. The molecule has 3 rings (SSSR count). The molecule has 0 aliphatic carbocycles. The standard InChI is InChI=1S/C19H17F2N3O2/c20-13-5-6-15(16(21)9-13)19(26)24-11-18(25)22-8-7-12-10-23-17-4-2-1-3-14(12)17/h1-6,9-10,23H,7-8,11H2,(H,22,25)(H,24,26). The van der Waals surface area contributed by atoms with Crippen LogP contribution in [-0.2, 0) is 11.2 Å². The van der Waals surface area contributed by atoms with Gasteiger partial charge < -0.3 is 15.6 Å². The van der Waals surface area contributed by atoms with E-state index in [4.69, 9.17) is 0 Å². The minimum absolute atomic E-state index is 0.288. The normalized spacial score (nSPS) is 10.7. The third-order valence-corrected chi connectivity index (χ3v) is 3.98. The maximum atomic E-state index is 13.5. The van der Waals surface area contributed by atoms with Gasteiger partial charge in [-0.25, -0.2) is 8.78 Å². The number of amides is 2. The van der Waals surface area contributed by atoms with Gasteiger partial charge in [-0.05, 0) is 30.2 Å². The predicted octanol–water partition coefficient (Wildman–Crippen LogP) is 2.53. The maximum Gasteiger partial charge on any atom is 0.254 e. The van der Waals surface area contributed by atoms with E-state index in [1.54, 1.807) is 0 Å². The van der Waals surface area contributed by atoms with Crippen molar-refractivity contribution in [3.05, 3.63) is 71.4 Å². The molecule has 1 aromatic heterocycles.